The smallest absolute Gasteiger partial charge is 0.302 e. The highest BCUT2D eigenvalue weighted by Crippen LogP contribution is 2.46. The van der Waals surface area contributed by atoms with E-state index in [2.05, 4.69) is 71.0 Å². The summed E-state index contributed by atoms with van der Waals surface area (Å²) in [4.78, 5) is 11.3. The van der Waals surface area contributed by atoms with Gasteiger partial charge in [0.1, 0.15) is 6.61 Å². The lowest BCUT2D eigenvalue weighted by Gasteiger charge is -2.39. The van der Waals surface area contributed by atoms with Crippen LogP contribution in [0.5, 0.6) is 0 Å². The lowest BCUT2D eigenvalue weighted by molar-refractivity contribution is -0.139. The van der Waals surface area contributed by atoms with Crippen LogP contribution in [0.1, 0.15) is 92.1 Å². The molecular formula is C30H44I2O4S. The van der Waals surface area contributed by atoms with Crippen molar-refractivity contribution in [3.8, 4) is 0 Å². The van der Waals surface area contributed by atoms with Crippen LogP contribution in [0.15, 0.2) is 63.6 Å². The van der Waals surface area contributed by atoms with Crippen molar-refractivity contribution in [1.29, 1.82) is 0 Å². The zero-order valence-electron chi connectivity index (χ0n) is 23.5. The number of carbonyl (C=O) groups is 1. The van der Waals surface area contributed by atoms with Gasteiger partial charge in [-0.2, -0.15) is 0 Å². The molecule has 0 bridgehead atoms. The predicted octanol–water partition coefficient (Wildman–Crippen LogP) is 9.45. The van der Waals surface area contributed by atoms with E-state index in [9.17, 15) is 13.2 Å². The Morgan fingerprint density at radius 3 is 2.24 bits per heavy atom. The average Bonchev–Trinajstić information content (AvgIpc) is 2.82. The fourth-order valence-electron chi connectivity index (χ4n) is 5.12. The van der Waals surface area contributed by atoms with E-state index in [0.717, 1.165) is 55.2 Å². The first kappa shape index (κ1) is 34.3. The number of esters is 1. The predicted molar refractivity (Wildman–Crippen MR) is 173 cm³/mol. The van der Waals surface area contributed by atoms with Crippen LogP contribution in [0.4, 0.5) is 0 Å². The van der Waals surface area contributed by atoms with E-state index in [4.69, 9.17) is 4.74 Å². The molecule has 1 aromatic rings. The van der Waals surface area contributed by atoms with Crippen LogP contribution in [-0.4, -0.2) is 26.2 Å². The molecule has 208 valence electrons. The maximum Gasteiger partial charge on any atom is 0.302 e. The van der Waals surface area contributed by atoms with Crippen molar-refractivity contribution >= 4 is 53.0 Å². The molecule has 0 heterocycles. The SMILES string of the molecule is CC(=O)OCC=C(C)CCCC=C(C)CC(C1=C(C)CCCC1(C)C)S(=O)(=O)c1ccc(C)cc1.II. The first-order valence-corrected chi connectivity index (χ1v) is 20.8. The first-order chi connectivity index (χ1) is 17.3. The first-order valence-electron chi connectivity index (χ1n) is 12.9. The van der Waals surface area contributed by atoms with Crippen LogP contribution >= 0.6 is 37.2 Å². The van der Waals surface area contributed by atoms with E-state index in [1.807, 2.05) is 32.1 Å². The third-order valence-corrected chi connectivity index (χ3v) is 9.16. The Morgan fingerprint density at radius 2 is 1.68 bits per heavy atom. The molecule has 0 saturated heterocycles. The number of aryl methyl sites for hydroxylation is 1. The number of sulfone groups is 1. The molecule has 0 radical (unpaired) electrons. The number of hydrogen-bond donors (Lipinski definition) is 0. The Hall–Kier alpha value is -0.680. The van der Waals surface area contributed by atoms with Crippen LogP contribution < -0.4 is 0 Å². The highest BCUT2D eigenvalue weighted by atomic mass is 128. The van der Waals surface area contributed by atoms with Crippen molar-refractivity contribution in [2.45, 2.75) is 104 Å². The second kappa shape index (κ2) is 16.4. The minimum atomic E-state index is -3.53. The minimum absolute atomic E-state index is 0.130. The average molecular weight is 755 g/mol. The molecule has 1 aliphatic rings. The van der Waals surface area contributed by atoms with Crippen molar-refractivity contribution in [2.75, 3.05) is 6.61 Å². The van der Waals surface area contributed by atoms with Crippen LogP contribution in [-0.2, 0) is 19.4 Å². The van der Waals surface area contributed by atoms with E-state index in [0.29, 0.717) is 17.9 Å². The van der Waals surface area contributed by atoms with Crippen molar-refractivity contribution in [2.24, 2.45) is 5.41 Å². The van der Waals surface area contributed by atoms with Crippen LogP contribution in [0, 0.1) is 12.3 Å². The summed E-state index contributed by atoms with van der Waals surface area (Å²) in [5.74, 6) is -0.269. The van der Waals surface area contributed by atoms with Gasteiger partial charge in [0.15, 0.2) is 9.84 Å². The summed E-state index contributed by atoms with van der Waals surface area (Å²) < 4.78 is 32.9. The second-order valence-electron chi connectivity index (χ2n) is 10.8. The second-order valence-corrected chi connectivity index (χ2v) is 12.9. The normalized spacial score (nSPS) is 17.1. The van der Waals surface area contributed by atoms with Gasteiger partial charge in [0, 0.05) is 44.2 Å². The molecule has 0 aromatic heterocycles. The molecule has 0 saturated carbocycles. The number of halogens is 2. The molecule has 2 rings (SSSR count). The Labute approximate surface area is 249 Å². The quantitative estimate of drug-likeness (QED) is 0.0978. The summed E-state index contributed by atoms with van der Waals surface area (Å²) in [6.45, 7) is 14.3. The van der Waals surface area contributed by atoms with Gasteiger partial charge in [-0.05, 0) is 102 Å². The maximum absolute atomic E-state index is 14.0. The van der Waals surface area contributed by atoms with E-state index in [1.165, 1.54) is 18.1 Å². The molecule has 1 aromatic carbocycles. The van der Waals surface area contributed by atoms with Crippen LogP contribution in [0.2, 0.25) is 0 Å². The standard InChI is InChI=1S/C30H44O4S.I2/c1-22(18-20-34-26(5)31)11-8-9-12-24(3)21-28(29-25(4)13-10-19-30(29,6)7)35(32,33)27-16-14-23(2)15-17-27;1-2/h12,14-18,28H,8-11,13,19-21H2,1-7H3;. The molecule has 0 N–H and O–H groups in total. The fourth-order valence-corrected chi connectivity index (χ4v) is 7.28. The van der Waals surface area contributed by atoms with Gasteiger partial charge in [0.2, 0.25) is 0 Å². The van der Waals surface area contributed by atoms with Gasteiger partial charge >= 0.3 is 5.97 Å². The summed E-state index contributed by atoms with van der Waals surface area (Å²) in [7, 11) is -3.53. The van der Waals surface area contributed by atoms with E-state index in [-0.39, 0.29) is 11.4 Å². The molecule has 7 heteroatoms. The van der Waals surface area contributed by atoms with Crippen molar-refractivity contribution < 1.29 is 17.9 Å². The molecule has 37 heavy (non-hydrogen) atoms. The topological polar surface area (TPSA) is 60.4 Å². The highest BCUT2D eigenvalue weighted by molar-refractivity contribution is 15.0. The molecule has 0 spiro atoms. The van der Waals surface area contributed by atoms with Crippen molar-refractivity contribution in [3.63, 3.8) is 0 Å². The monoisotopic (exact) mass is 754 g/mol. The van der Waals surface area contributed by atoms with Gasteiger partial charge < -0.3 is 4.74 Å². The third-order valence-electron chi connectivity index (χ3n) is 7.08. The van der Waals surface area contributed by atoms with Gasteiger partial charge in [-0.15, -0.1) is 0 Å². The number of ether oxygens (including phenoxy) is 1. The van der Waals surface area contributed by atoms with E-state index >= 15 is 0 Å². The fraction of sp³-hybridized carbons (Fsp3) is 0.567. The highest BCUT2D eigenvalue weighted by Gasteiger charge is 2.40. The van der Waals surface area contributed by atoms with E-state index in [1.54, 1.807) is 12.1 Å². The zero-order valence-corrected chi connectivity index (χ0v) is 28.6. The minimum Gasteiger partial charge on any atom is -0.462 e. The summed E-state index contributed by atoms with van der Waals surface area (Å²) in [6, 6.07) is 7.29. The molecule has 1 unspecified atom stereocenters. The summed E-state index contributed by atoms with van der Waals surface area (Å²) >= 11 is 4.24. The third kappa shape index (κ3) is 11.1. The number of hydrogen-bond acceptors (Lipinski definition) is 4. The number of allylic oxidation sites excluding steroid dienone is 4. The Balaban J connectivity index is 0.00000334. The molecule has 1 atom stereocenters. The van der Waals surface area contributed by atoms with Crippen LogP contribution in [0.25, 0.3) is 0 Å². The van der Waals surface area contributed by atoms with Gasteiger partial charge in [-0.3, -0.25) is 4.79 Å². The van der Waals surface area contributed by atoms with Crippen molar-refractivity contribution in [3.05, 3.63) is 64.3 Å². The van der Waals surface area contributed by atoms with Gasteiger partial charge in [-0.1, -0.05) is 54.3 Å². The summed E-state index contributed by atoms with van der Waals surface area (Å²) in [6.07, 6.45) is 10.6. The molecule has 4 nitrogen and oxygen atoms in total. The number of rotatable bonds is 11. The number of unbranched alkanes of at least 4 members (excludes halogenated alkanes) is 1. The van der Waals surface area contributed by atoms with E-state index < -0.39 is 15.1 Å². The summed E-state index contributed by atoms with van der Waals surface area (Å²) in [5.41, 5.74) is 5.59. The Morgan fingerprint density at radius 1 is 1.05 bits per heavy atom. The lowest BCUT2D eigenvalue weighted by Crippen LogP contribution is -2.34. The Kier molecular flexibility index (Phi) is 15.3. The van der Waals surface area contributed by atoms with Gasteiger partial charge in [0.25, 0.3) is 0 Å². The Bertz CT molecular complexity index is 1080. The maximum atomic E-state index is 14.0. The zero-order chi connectivity index (χ0) is 28.2. The molecular weight excluding hydrogens is 710 g/mol. The van der Waals surface area contributed by atoms with Crippen molar-refractivity contribution in [1.82, 2.24) is 0 Å². The van der Waals surface area contributed by atoms with Gasteiger partial charge in [0.05, 0.1) is 10.1 Å². The molecule has 0 amide bonds. The molecule has 0 fully saturated rings. The van der Waals surface area contributed by atoms with Crippen LogP contribution in [0.3, 0.4) is 0 Å². The summed E-state index contributed by atoms with van der Waals surface area (Å²) in [5, 5.41) is -0.540. The van der Waals surface area contributed by atoms with Gasteiger partial charge in [-0.25, -0.2) is 8.42 Å². The lowest BCUT2D eigenvalue weighted by atomic mass is 9.70. The largest absolute Gasteiger partial charge is 0.462 e. The number of carbonyl (C=O) groups excluding carboxylic acids is 1. The molecule has 0 aliphatic heterocycles. The number of benzene rings is 1. The molecule has 1 aliphatic carbocycles.